The van der Waals surface area contributed by atoms with Crippen LogP contribution in [0.5, 0.6) is 0 Å². The second kappa shape index (κ2) is 12.3. The van der Waals surface area contributed by atoms with Gasteiger partial charge in [-0.2, -0.15) is 0 Å². The summed E-state index contributed by atoms with van der Waals surface area (Å²) < 4.78 is 23.9. The first-order chi connectivity index (χ1) is 12.4. The first-order valence-electron chi connectivity index (χ1n) is 9.89. The van der Waals surface area contributed by atoms with Gasteiger partial charge in [0.1, 0.15) is 5.72 Å². The predicted octanol–water partition coefficient (Wildman–Crippen LogP) is 2.07. The van der Waals surface area contributed by atoms with Crippen molar-refractivity contribution in [2.24, 2.45) is 11.1 Å². The van der Waals surface area contributed by atoms with E-state index in [9.17, 15) is 10.2 Å². The Bertz CT molecular complexity index is 349. The Hall–Kier alpha value is -0.280. The Kier molecular flexibility index (Phi) is 12.2. The molecule has 27 heavy (non-hydrogen) atoms. The van der Waals surface area contributed by atoms with Crippen LogP contribution in [0.2, 0.25) is 0 Å². The van der Waals surface area contributed by atoms with Crippen molar-refractivity contribution < 1.29 is 29.2 Å². The Morgan fingerprint density at radius 2 is 1.19 bits per heavy atom. The zero-order chi connectivity index (χ0) is 21.1. The summed E-state index contributed by atoms with van der Waals surface area (Å²) in [5, 5.41) is 18.5. The van der Waals surface area contributed by atoms with E-state index in [0.717, 1.165) is 0 Å². The molecule has 1 unspecified atom stereocenters. The van der Waals surface area contributed by atoms with E-state index in [-0.39, 0.29) is 32.0 Å². The van der Waals surface area contributed by atoms with Gasteiger partial charge >= 0.3 is 0 Å². The van der Waals surface area contributed by atoms with Gasteiger partial charge in [-0.1, -0.05) is 0 Å². The van der Waals surface area contributed by atoms with Crippen LogP contribution in [-0.4, -0.2) is 73.4 Å². The van der Waals surface area contributed by atoms with Crippen molar-refractivity contribution in [3.8, 4) is 0 Å². The van der Waals surface area contributed by atoms with Crippen molar-refractivity contribution in [1.29, 1.82) is 0 Å². The molecule has 7 nitrogen and oxygen atoms in total. The van der Waals surface area contributed by atoms with Crippen LogP contribution in [-0.2, 0) is 18.9 Å². The molecule has 0 aliphatic carbocycles. The molecule has 0 aliphatic rings. The Morgan fingerprint density at radius 3 is 1.59 bits per heavy atom. The van der Waals surface area contributed by atoms with Gasteiger partial charge in [0.25, 0.3) is 0 Å². The highest BCUT2D eigenvalue weighted by Crippen LogP contribution is 2.27. The van der Waals surface area contributed by atoms with E-state index >= 15 is 0 Å². The second-order valence-electron chi connectivity index (χ2n) is 8.82. The highest BCUT2D eigenvalue weighted by Gasteiger charge is 2.37. The second-order valence-corrected chi connectivity index (χ2v) is 8.82. The van der Waals surface area contributed by atoms with Crippen molar-refractivity contribution in [3.63, 3.8) is 0 Å². The van der Waals surface area contributed by atoms with Crippen LogP contribution in [0.1, 0.15) is 61.3 Å². The van der Waals surface area contributed by atoms with E-state index in [1.807, 2.05) is 41.5 Å². The van der Waals surface area contributed by atoms with Gasteiger partial charge in [-0.3, -0.25) is 0 Å². The smallest absolute Gasteiger partial charge is 0.116 e. The van der Waals surface area contributed by atoms with Gasteiger partial charge in [-0.15, -0.1) is 0 Å². The molecule has 164 valence electrons. The number of aliphatic hydroxyl groups excluding tert-OH is 2. The minimum absolute atomic E-state index is 0.0506. The van der Waals surface area contributed by atoms with Gasteiger partial charge in [-0.05, 0) is 54.9 Å². The van der Waals surface area contributed by atoms with Crippen LogP contribution in [0.3, 0.4) is 0 Å². The Balaban J connectivity index is 5.36. The molecule has 4 N–H and O–H groups in total. The molecule has 0 amide bonds. The van der Waals surface area contributed by atoms with Gasteiger partial charge < -0.3 is 34.9 Å². The fourth-order valence-corrected chi connectivity index (χ4v) is 2.24. The first kappa shape index (κ1) is 26.7. The maximum absolute atomic E-state index is 9.26. The maximum Gasteiger partial charge on any atom is 0.116 e. The molecule has 0 heterocycles. The van der Waals surface area contributed by atoms with E-state index in [1.54, 1.807) is 6.92 Å². The predicted molar refractivity (Wildman–Crippen MR) is 107 cm³/mol. The number of rotatable bonds is 16. The minimum Gasteiger partial charge on any atom is -0.396 e. The third kappa shape index (κ3) is 12.7. The van der Waals surface area contributed by atoms with E-state index in [2.05, 4.69) is 0 Å². The standard InChI is InChI=1S/C20H43NO6/c1-16(2)24-12-20(13-25-17(3)4,14-26-18(5,6)8-10-22)15-27-19(7,21)9-11-23/h16-17,22-23H,8-15,21H2,1-7H3. The molecule has 0 saturated heterocycles. The third-order valence-corrected chi connectivity index (χ3v) is 4.24. The summed E-state index contributed by atoms with van der Waals surface area (Å²) in [5.74, 6) is 0. The number of nitrogens with two attached hydrogens (primary N) is 1. The number of hydrogen-bond acceptors (Lipinski definition) is 7. The zero-order valence-corrected chi connectivity index (χ0v) is 18.4. The number of aliphatic hydroxyl groups is 2. The normalized spacial score (nSPS) is 15.6. The molecule has 0 aliphatic heterocycles. The zero-order valence-electron chi connectivity index (χ0n) is 18.4. The molecule has 0 saturated carbocycles. The SMILES string of the molecule is CC(C)OCC(COC(C)C)(COC(C)(C)CCO)COC(C)(N)CCO. The summed E-state index contributed by atoms with van der Waals surface area (Å²) in [6.45, 7) is 14.9. The van der Waals surface area contributed by atoms with Crippen molar-refractivity contribution in [2.45, 2.75) is 84.8 Å². The molecule has 1 atom stereocenters. The lowest BCUT2D eigenvalue weighted by atomic mass is 9.91. The monoisotopic (exact) mass is 393 g/mol. The molecule has 7 heteroatoms. The van der Waals surface area contributed by atoms with Crippen LogP contribution < -0.4 is 5.73 Å². The fourth-order valence-electron chi connectivity index (χ4n) is 2.24. The molecule has 0 fully saturated rings. The average molecular weight is 394 g/mol. The highest BCUT2D eigenvalue weighted by atomic mass is 16.5. The van der Waals surface area contributed by atoms with Crippen molar-refractivity contribution in [2.75, 3.05) is 39.6 Å². The summed E-state index contributed by atoms with van der Waals surface area (Å²) in [5.41, 5.74) is 4.15. The molecular weight excluding hydrogens is 350 g/mol. The molecule has 0 spiro atoms. The van der Waals surface area contributed by atoms with Crippen LogP contribution >= 0.6 is 0 Å². The van der Waals surface area contributed by atoms with Crippen LogP contribution in [0, 0.1) is 5.41 Å². The molecule has 0 radical (unpaired) electrons. The van der Waals surface area contributed by atoms with E-state index < -0.39 is 16.7 Å². The average Bonchev–Trinajstić information content (AvgIpc) is 2.53. The van der Waals surface area contributed by atoms with E-state index in [4.69, 9.17) is 24.7 Å². The fraction of sp³-hybridized carbons (Fsp3) is 1.00. The summed E-state index contributed by atoms with van der Waals surface area (Å²) in [7, 11) is 0. The maximum atomic E-state index is 9.26. The van der Waals surface area contributed by atoms with Crippen LogP contribution in [0.15, 0.2) is 0 Å². The molecular formula is C20H43NO6. The van der Waals surface area contributed by atoms with Gasteiger partial charge in [0, 0.05) is 19.6 Å². The Morgan fingerprint density at radius 1 is 0.741 bits per heavy atom. The lowest BCUT2D eigenvalue weighted by Crippen LogP contribution is -2.49. The van der Waals surface area contributed by atoms with E-state index in [1.165, 1.54) is 0 Å². The molecule has 0 aromatic heterocycles. The molecule has 0 bridgehead atoms. The largest absolute Gasteiger partial charge is 0.396 e. The van der Waals surface area contributed by atoms with Gasteiger partial charge in [0.05, 0.1) is 49.7 Å². The van der Waals surface area contributed by atoms with Crippen LogP contribution in [0.25, 0.3) is 0 Å². The highest BCUT2D eigenvalue weighted by molar-refractivity contribution is 4.83. The van der Waals surface area contributed by atoms with Gasteiger partial charge in [0.2, 0.25) is 0 Å². The topological polar surface area (TPSA) is 103 Å². The Labute approximate surface area is 165 Å². The summed E-state index contributed by atoms with van der Waals surface area (Å²) >= 11 is 0. The number of hydrogen-bond donors (Lipinski definition) is 3. The molecule has 0 aromatic rings. The van der Waals surface area contributed by atoms with E-state index in [0.29, 0.717) is 32.7 Å². The van der Waals surface area contributed by atoms with Gasteiger partial charge in [0.15, 0.2) is 0 Å². The lowest BCUT2D eigenvalue weighted by molar-refractivity contribution is -0.173. The first-order valence-corrected chi connectivity index (χ1v) is 9.89. The van der Waals surface area contributed by atoms with Gasteiger partial charge in [-0.25, -0.2) is 0 Å². The number of ether oxygens (including phenoxy) is 4. The summed E-state index contributed by atoms with van der Waals surface area (Å²) in [6.07, 6.45) is 0.959. The third-order valence-electron chi connectivity index (χ3n) is 4.24. The molecule has 0 aromatic carbocycles. The van der Waals surface area contributed by atoms with Crippen molar-refractivity contribution in [1.82, 2.24) is 0 Å². The quantitative estimate of drug-likeness (QED) is 0.345. The van der Waals surface area contributed by atoms with Crippen molar-refractivity contribution >= 4 is 0 Å². The minimum atomic E-state index is -0.948. The molecule has 0 rings (SSSR count). The summed E-state index contributed by atoms with van der Waals surface area (Å²) in [6, 6.07) is 0. The lowest BCUT2D eigenvalue weighted by Gasteiger charge is -2.39. The summed E-state index contributed by atoms with van der Waals surface area (Å²) in [4.78, 5) is 0. The van der Waals surface area contributed by atoms with Crippen LogP contribution in [0.4, 0.5) is 0 Å². The van der Waals surface area contributed by atoms with Crippen molar-refractivity contribution in [3.05, 3.63) is 0 Å².